The lowest BCUT2D eigenvalue weighted by atomic mass is 9.98. The molecule has 2 amide bonds. The third-order valence-corrected chi connectivity index (χ3v) is 6.61. The summed E-state index contributed by atoms with van der Waals surface area (Å²) < 4.78 is 7.27. The van der Waals surface area contributed by atoms with Gasteiger partial charge in [-0.3, -0.25) is 9.59 Å². The number of aromatic nitrogens is 1. The summed E-state index contributed by atoms with van der Waals surface area (Å²) in [5.41, 5.74) is 5.35. The number of carbonyl (C=O) groups is 2. The number of methoxy groups -OCH3 is 1. The summed E-state index contributed by atoms with van der Waals surface area (Å²) in [6.45, 7) is 2.01. The van der Waals surface area contributed by atoms with Gasteiger partial charge in [0.1, 0.15) is 18.0 Å². The highest BCUT2D eigenvalue weighted by Crippen LogP contribution is 2.44. The van der Waals surface area contributed by atoms with Crippen LogP contribution >= 0.6 is 0 Å². The van der Waals surface area contributed by atoms with Gasteiger partial charge in [-0.15, -0.1) is 0 Å². The number of amides is 2. The lowest BCUT2D eigenvalue weighted by molar-refractivity contribution is -0.117. The summed E-state index contributed by atoms with van der Waals surface area (Å²) in [6.07, 6.45) is 0.811. The zero-order valence-electron chi connectivity index (χ0n) is 19.5. The van der Waals surface area contributed by atoms with Crippen molar-refractivity contribution in [2.45, 2.75) is 19.4 Å². The number of rotatable bonds is 6. The Morgan fingerprint density at radius 2 is 1.71 bits per heavy atom. The topological polar surface area (TPSA) is 63.6 Å². The van der Waals surface area contributed by atoms with Crippen LogP contribution in [0.5, 0.6) is 5.75 Å². The van der Waals surface area contributed by atoms with E-state index in [9.17, 15) is 9.59 Å². The molecule has 5 rings (SSSR count). The number of nitrogens with one attached hydrogen (secondary N) is 1. The van der Waals surface area contributed by atoms with E-state index in [4.69, 9.17) is 4.74 Å². The summed E-state index contributed by atoms with van der Waals surface area (Å²) in [7, 11) is 3.53. The van der Waals surface area contributed by atoms with E-state index in [1.807, 2.05) is 84.4 Å². The van der Waals surface area contributed by atoms with Crippen molar-refractivity contribution in [3.63, 3.8) is 0 Å². The summed E-state index contributed by atoms with van der Waals surface area (Å²) in [6, 6.07) is 23.1. The van der Waals surface area contributed by atoms with Crippen molar-refractivity contribution in [1.29, 1.82) is 0 Å². The molecule has 0 saturated heterocycles. The van der Waals surface area contributed by atoms with Crippen LogP contribution in [0.3, 0.4) is 0 Å². The minimum atomic E-state index is -0.369. The SMILES string of the molecule is CCc1ccccc1NC(=O)CN1C(=O)c2c(c3ccccc3n2C)C1c1ccc(OC)cc1. The zero-order chi connectivity index (χ0) is 23.8. The molecule has 0 saturated carbocycles. The first-order valence-corrected chi connectivity index (χ1v) is 11.4. The molecule has 1 unspecified atom stereocenters. The number of ether oxygens (including phenoxy) is 1. The third kappa shape index (κ3) is 3.52. The van der Waals surface area contributed by atoms with Crippen molar-refractivity contribution in [2.24, 2.45) is 7.05 Å². The van der Waals surface area contributed by atoms with Gasteiger partial charge in [-0.05, 0) is 41.8 Å². The first kappa shape index (κ1) is 21.8. The first-order valence-electron chi connectivity index (χ1n) is 11.4. The Morgan fingerprint density at radius 3 is 2.44 bits per heavy atom. The molecule has 6 heteroatoms. The maximum absolute atomic E-state index is 13.7. The summed E-state index contributed by atoms with van der Waals surface area (Å²) >= 11 is 0. The molecular formula is C28H27N3O3. The number of anilines is 1. The van der Waals surface area contributed by atoms with Crippen LogP contribution in [-0.2, 0) is 18.3 Å². The molecule has 0 aliphatic carbocycles. The number of nitrogens with zero attached hydrogens (tertiary/aromatic N) is 2. The molecule has 172 valence electrons. The van der Waals surface area contributed by atoms with E-state index < -0.39 is 0 Å². The van der Waals surface area contributed by atoms with E-state index in [1.165, 1.54) is 0 Å². The van der Waals surface area contributed by atoms with Gasteiger partial charge in [0.15, 0.2) is 0 Å². The molecule has 1 aliphatic heterocycles. The van der Waals surface area contributed by atoms with Gasteiger partial charge >= 0.3 is 0 Å². The standard InChI is InChI=1S/C28H27N3O3/c1-4-18-9-5-7-11-22(18)29-24(32)17-31-26(19-13-15-20(34-3)16-14-19)25-21-10-6-8-12-23(21)30(2)27(25)28(31)33/h5-16,26H,4,17H2,1-3H3,(H,29,32). The van der Waals surface area contributed by atoms with Gasteiger partial charge in [0, 0.05) is 29.2 Å². The molecule has 0 fully saturated rings. The van der Waals surface area contributed by atoms with Gasteiger partial charge in [0.05, 0.1) is 13.2 Å². The van der Waals surface area contributed by atoms with Crippen molar-refractivity contribution < 1.29 is 14.3 Å². The van der Waals surface area contributed by atoms with Crippen LogP contribution < -0.4 is 10.1 Å². The third-order valence-electron chi connectivity index (χ3n) is 6.61. The zero-order valence-corrected chi connectivity index (χ0v) is 19.5. The second kappa shape index (κ2) is 8.71. The first-order chi connectivity index (χ1) is 16.5. The number of hydrogen-bond donors (Lipinski definition) is 1. The Bertz CT molecular complexity index is 1390. The molecule has 1 N–H and O–H groups in total. The van der Waals surface area contributed by atoms with Crippen molar-refractivity contribution >= 4 is 28.4 Å². The van der Waals surface area contributed by atoms with Crippen LogP contribution in [0, 0.1) is 0 Å². The average Bonchev–Trinajstić information content (AvgIpc) is 3.31. The Hall–Kier alpha value is -4.06. The lowest BCUT2D eigenvalue weighted by Gasteiger charge is -2.26. The minimum absolute atomic E-state index is 0.0451. The molecule has 1 aliphatic rings. The van der Waals surface area contributed by atoms with Crippen molar-refractivity contribution in [2.75, 3.05) is 19.0 Å². The van der Waals surface area contributed by atoms with E-state index in [2.05, 4.69) is 12.2 Å². The highest BCUT2D eigenvalue weighted by molar-refractivity contribution is 6.08. The van der Waals surface area contributed by atoms with Crippen molar-refractivity contribution in [3.8, 4) is 5.75 Å². The van der Waals surface area contributed by atoms with Gasteiger partial charge in [-0.25, -0.2) is 0 Å². The Kier molecular flexibility index (Phi) is 5.57. The average molecular weight is 454 g/mol. The molecule has 34 heavy (non-hydrogen) atoms. The fraction of sp³-hybridized carbons (Fsp3) is 0.214. The van der Waals surface area contributed by atoms with E-state index in [0.717, 1.165) is 45.5 Å². The molecule has 0 radical (unpaired) electrons. The van der Waals surface area contributed by atoms with E-state index in [-0.39, 0.29) is 24.4 Å². The van der Waals surface area contributed by atoms with Crippen LogP contribution in [0.25, 0.3) is 10.9 Å². The Morgan fingerprint density at radius 1 is 1.00 bits per heavy atom. The Balaban J connectivity index is 1.55. The summed E-state index contributed by atoms with van der Waals surface area (Å²) in [5.74, 6) is 0.380. The smallest absolute Gasteiger partial charge is 0.272 e. The quantitative estimate of drug-likeness (QED) is 0.450. The number of carbonyl (C=O) groups excluding carboxylic acids is 2. The van der Waals surface area contributed by atoms with E-state index in [1.54, 1.807) is 12.0 Å². The van der Waals surface area contributed by atoms with Gasteiger partial charge in [0.2, 0.25) is 5.91 Å². The molecular weight excluding hydrogens is 426 g/mol. The number of para-hydroxylation sites is 2. The fourth-order valence-corrected chi connectivity index (χ4v) is 4.96. The lowest BCUT2D eigenvalue weighted by Crippen LogP contribution is -2.37. The number of fused-ring (bicyclic) bond motifs is 3. The molecule has 2 heterocycles. The molecule has 4 aromatic rings. The van der Waals surface area contributed by atoms with Crippen molar-refractivity contribution in [3.05, 3.63) is 95.2 Å². The molecule has 0 spiro atoms. The Labute approximate surface area is 198 Å². The molecule has 0 bridgehead atoms. The van der Waals surface area contributed by atoms with Crippen LogP contribution in [0.4, 0.5) is 5.69 Å². The van der Waals surface area contributed by atoms with Crippen LogP contribution in [0.1, 0.15) is 40.1 Å². The molecule has 3 aromatic carbocycles. The van der Waals surface area contributed by atoms with Crippen LogP contribution in [-0.4, -0.2) is 34.9 Å². The summed E-state index contributed by atoms with van der Waals surface area (Å²) in [4.78, 5) is 28.5. The molecule has 1 atom stereocenters. The van der Waals surface area contributed by atoms with Crippen molar-refractivity contribution in [1.82, 2.24) is 9.47 Å². The molecule has 1 aromatic heterocycles. The van der Waals surface area contributed by atoms with Gasteiger partial charge in [0.25, 0.3) is 5.91 Å². The maximum atomic E-state index is 13.7. The minimum Gasteiger partial charge on any atom is -0.497 e. The van der Waals surface area contributed by atoms with Gasteiger partial charge in [-0.2, -0.15) is 0 Å². The summed E-state index contributed by atoms with van der Waals surface area (Å²) in [5, 5.41) is 4.03. The van der Waals surface area contributed by atoms with Gasteiger partial charge < -0.3 is 19.5 Å². The number of hydrogen-bond acceptors (Lipinski definition) is 3. The largest absolute Gasteiger partial charge is 0.497 e. The van der Waals surface area contributed by atoms with E-state index >= 15 is 0 Å². The highest BCUT2D eigenvalue weighted by atomic mass is 16.5. The predicted molar refractivity (Wildman–Crippen MR) is 133 cm³/mol. The second-order valence-corrected chi connectivity index (χ2v) is 8.51. The monoisotopic (exact) mass is 453 g/mol. The van der Waals surface area contributed by atoms with Gasteiger partial charge in [-0.1, -0.05) is 55.5 Å². The number of benzene rings is 3. The highest BCUT2D eigenvalue weighted by Gasteiger charge is 2.42. The number of aryl methyl sites for hydroxylation is 2. The normalized spacial score (nSPS) is 15.0. The van der Waals surface area contributed by atoms with Crippen LogP contribution in [0.15, 0.2) is 72.8 Å². The fourth-order valence-electron chi connectivity index (χ4n) is 4.96. The predicted octanol–water partition coefficient (Wildman–Crippen LogP) is 4.93. The van der Waals surface area contributed by atoms with Crippen LogP contribution in [0.2, 0.25) is 0 Å². The van der Waals surface area contributed by atoms with E-state index in [0.29, 0.717) is 5.69 Å². The second-order valence-electron chi connectivity index (χ2n) is 8.51. The maximum Gasteiger partial charge on any atom is 0.272 e. The molecule has 6 nitrogen and oxygen atoms in total.